The van der Waals surface area contributed by atoms with Gasteiger partial charge in [-0.1, -0.05) is 6.07 Å². The van der Waals surface area contributed by atoms with Crippen LogP contribution in [0.1, 0.15) is 36.2 Å². The van der Waals surface area contributed by atoms with Gasteiger partial charge in [0, 0.05) is 44.6 Å². The zero-order valence-electron chi connectivity index (χ0n) is 18.2. The summed E-state index contributed by atoms with van der Waals surface area (Å²) >= 11 is 0. The van der Waals surface area contributed by atoms with E-state index in [1.807, 2.05) is 0 Å². The van der Waals surface area contributed by atoms with Crippen molar-refractivity contribution < 1.29 is 13.9 Å². The van der Waals surface area contributed by atoms with Crippen molar-refractivity contribution in [2.24, 2.45) is 17.8 Å². The average molecular weight is 440 g/mol. The number of ether oxygens (including phenoxy) is 1. The molecule has 3 fully saturated rings. The number of aromatic nitrogens is 2. The molecule has 32 heavy (non-hydrogen) atoms. The average Bonchev–Trinajstić information content (AvgIpc) is 3.33. The molecule has 0 unspecified atom stereocenters. The van der Waals surface area contributed by atoms with Crippen LogP contribution in [0.25, 0.3) is 0 Å². The second kappa shape index (κ2) is 9.50. The number of carbonyl (C=O) groups excluding carboxylic acids is 1. The first-order chi connectivity index (χ1) is 15.6. The number of hydrogen-bond acceptors (Lipinski definition) is 6. The van der Waals surface area contributed by atoms with E-state index in [1.165, 1.54) is 44.6 Å². The third-order valence-electron chi connectivity index (χ3n) is 7.02. The van der Waals surface area contributed by atoms with E-state index in [0.717, 1.165) is 43.8 Å². The predicted molar refractivity (Wildman–Crippen MR) is 120 cm³/mol. The molecular formula is C24H30FN5O2. The Morgan fingerprint density at radius 2 is 1.88 bits per heavy atom. The van der Waals surface area contributed by atoms with Gasteiger partial charge in [-0.25, -0.2) is 4.39 Å². The van der Waals surface area contributed by atoms with Crippen LogP contribution in [0.15, 0.2) is 36.4 Å². The van der Waals surface area contributed by atoms with Crippen LogP contribution in [0.2, 0.25) is 0 Å². The SMILES string of the molecule is O=C(Nc1cccc(F)c1)c1ccc(N[C@@H]2C[C@@H]3CN(CC4CCOCC4)C[C@@H]3C2)nn1. The van der Waals surface area contributed by atoms with Gasteiger partial charge in [0.05, 0.1) is 0 Å². The summed E-state index contributed by atoms with van der Waals surface area (Å²) in [7, 11) is 0. The summed E-state index contributed by atoms with van der Waals surface area (Å²) < 4.78 is 18.8. The summed E-state index contributed by atoms with van der Waals surface area (Å²) in [4.78, 5) is 15.0. The topological polar surface area (TPSA) is 79.4 Å². The van der Waals surface area contributed by atoms with E-state index in [9.17, 15) is 9.18 Å². The van der Waals surface area contributed by atoms with E-state index in [2.05, 4.69) is 25.7 Å². The Kier molecular flexibility index (Phi) is 6.32. The number of anilines is 2. The quantitative estimate of drug-likeness (QED) is 0.718. The highest BCUT2D eigenvalue weighted by Crippen LogP contribution is 2.39. The molecule has 0 spiro atoms. The summed E-state index contributed by atoms with van der Waals surface area (Å²) in [5, 5.41) is 14.4. The lowest BCUT2D eigenvalue weighted by molar-refractivity contribution is 0.0545. The number of amides is 1. The van der Waals surface area contributed by atoms with Crippen LogP contribution >= 0.6 is 0 Å². The molecule has 1 aromatic carbocycles. The summed E-state index contributed by atoms with van der Waals surface area (Å²) in [6.07, 6.45) is 4.70. The standard InChI is InChI=1S/C24H30FN5O2/c25-19-2-1-3-20(12-19)27-24(31)22-4-5-23(29-28-22)26-21-10-17-14-30(15-18(17)11-21)13-16-6-8-32-9-7-16/h1-5,12,16-18,21H,6-11,13-15H2,(H,26,29)(H,27,31)/t17-,18+,21-. The molecule has 1 aliphatic carbocycles. The summed E-state index contributed by atoms with van der Waals surface area (Å²) in [5.74, 6) is 2.17. The molecule has 1 amide bonds. The van der Waals surface area contributed by atoms with Crippen LogP contribution < -0.4 is 10.6 Å². The van der Waals surface area contributed by atoms with Crippen LogP contribution in [-0.4, -0.2) is 59.9 Å². The minimum atomic E-state index is -0.408. The number of nitrogens with one attached hydrogen (secondary N) is 2. The van der Waals surface area contributed by atoms with Gasteiger partial charge >= 0.3 is 0 Å². The second-order valence-electron chi connectivity index (χ2n) is 9.38. The number of likely N-dealkylation sites (tertiary alicyclic amines) is 1. The van der Waals surface area contributed by atoms with E-state index in [1.54, 1.807) is 24.3 Å². The molecule has 8 heteroatoms. The Bertz CT molecular complexity index is 920. The third kappa shape index (κ3) is 5.07. The molecule has 0 bridgehead atoms. The van der Waals surface area contributed by atoms with Crippen molar-refractivity contribution >= 4 is 17.4 Å². The van der Waals surface area contributed by atoms with Crippen LogP contribution in [0.5, 0.6) is 0 Å². The van der Waals surface area contributed by atoms with Gasteiger partial charge in [-0.2, -0.15) is 0 Å². The number of nitrogens with zero attached hydrogens (tertiary/aromatic N) is 3. The van der Waals surface area contributed by atoms with Gasteiger partial charge in [-0.3, -0.25) is 4.79 Å². The van der Waals surface area contributed by atoms with E-state index in [0.29, 0.717) is 17.5 Å². The Morgan fingerprint density at radius 1 is 1.09 bits per heavy atom. The van der Waals surface area contributed by atoms with Crippen LogP contribution in [-0.2, 0) is 4.74 Å². The first-order valence-corrected chi connectivity index (χ1v) is 11.6. The van der Waals surface area contributed by atoms with Gasteiger partial charge in [0.15, 0.2) is 5.69 Å². The van der Waals surface area contributed by atoms with Gasteiger partial charge in [0.2, 0.25) is 0 Å². The van der Waals surface area contributed by atoms with E-state index < -0.39 is 11.7 Å². The molecule has 1 aromatic heterocycles. The van der Waals surface area contributed by atoms with Crippen molar-refractivity contribution in [1.29, 1.82) is 0 Å². The van der Waals surface area contributed by atoms with Gasteiger partial charge in [-0.15, -0.1) is 10.2 Å². The van der Waals surface area contributed by atoms with Crippen molar-refractivity contribution in [3.63, 3.8) is 0 Å². The maximum absolute atomic E-state index is 13.3. The molecule has 1 saturated carbocycles. The lowest BCUT2D eigenvalue weighted by atomic mass is 10.00. The number of rotatable bonds is 6. The fraction of sp³-hybridized carbons (Fsp3) is 0.542. The minimum Gasteiger partial charge on any atom is -0.381 e. The van der Waals surface area contributed by atoms with Gasteiger partial charge in [0.1, 0.15) is 11.6 Å². The lowest BCUT2D eigenvalue weighted by Gasteiger charge is -2.27. The number of fused-ring (bicyclic) bond motifs is 1. The molecule has 2 saturated heterocycles. The van der Waals surface area contributed by atoms with Crippen molar-refractivity contribution in [2.45, 2.75) is 31.7 Å². The van der Waals surface area contributed by atoms with Crippen molar-refractivity contribution in [3.05, 3.63) is 47.9 Å². The number of benzene rings is 1. The first-order valence-electron chi connectivity index (χ1n) is 11.6. The van der Waals surface area contributed by atoms with Gasteiger partial charge < -0.3 is 20.3 Å². The number of hydrogen-bond donors (Lipinski definition) is 2. The maximum Gasteiger partial charge on any atom is 0.276 e. The molecule has 2 aliphatic heterocycles. The summed E-state index contributed by atoms with van der Waals surface area (Å²) in [6, 6.07) is 9.61. The molecule has 3 heterocycles. The van der Waals surface area contributed by atoms with Crippen LogP contribution in [0.4, 0.5) is 15.9 Å². The minimum absolute atomic E-state index is 0.201. The van der Waals surface area contributed by atoms with E-state index in [-0.39, 0.29) is 5.69 Å². The molecule has 3 atom stereocenters. The fourth-order valence-electron chi connectivity index (χ4n) is 5.46. The molecule has 170 valence electrons. The van der Waals surface area contributed by atoms with Gasteiger partial charge in [0.25, 0.3) is 5.91 Å². The van der Waals surface area contributed by atoms with Crippen molar-refractivity contribution in [1.82, 2.24) is 15.1 Å². The Morgan fingerprint density at radius 3 is 2.56 bits per heavy atom. The molecule has 3 aliphatic rings. The highest BCUT2D eigenvalue weighted by Gasteiger charge is 2.41. The van der Waals surface area contributed by atoms with E-state index >= 15 is 0 Å². The molecule has 7 nitrogen and oxygen atoms in total. The number of halogens is 1. The molecule has 5 rings (SSSR count). The molecular weight excluding hydrogens is 409 g/mol. The fourth-order valence-corrected chi connectivity index (χ4v) is 5.46. The highest BCUT2D eigenvalue weighted by atomic mass is 19.1. The van der Waals surface area contributed by atoms with Crippen molar-refractivity contribution in [3.8, 4) is 0 Å². The van der Waals surface area contributed by atoms with Crippen LogP contribution in [0, 0.1) is 23.6 Å². The third-order valence-corrected chi connectivity index (χ3v) is 7.02. The number of carbonyl (C=O) groups is 1. The predicted octanol–water partition coefficient (Wildman–Crippen LogP) is 3.42. The normalized spacial score (nSPS) is 26.1. The maximum atomic E-state index is 13.3. The van der Waals surface area contributed by atoms with Crippen LogP contribution in [0.3, 0.4) is 0 Å². The Labute approximate surface area is 187 Å². The molecule has 0 radical (unpaired) electrons. The monoisotopic (exact) mass is 439 g/mol. The highest BCUT2D eigenvalue weighted by molar-refractivity contribution is 6.02. The van der Waals surface area contributed by atoms with E-state index in [4.69, 9.17) is 4.74 Å². The first kappa shape index (κ1) is 21.3. The zero-order chi connectivity index (χ0) is 21.9. The Hall–Kier alpha value is -2.58. The van der Waals surface area contributed by atoms with Crippen molar-refractivity contribution in [2.75, 3.05) is 43.5 Å². The lowest BCUT2D eigenvalue weighted by Crippen LogP contribution is -2.32. The molecule has 2 aromatic rings. The second-order valence-corrected chi connectivity index (χ2v) is 9.38. The molecule has 2 N–H and O–H groups in total. The Balaban J connectivity index is 1.09. The zero-order valence-corrected chi connectivity index (χ0v) is 18.2. The summed E-state index contributed by atoms with van der Waals surface area (Å²) in [6.45, 7) is 5.46. The smallest absolute Gasteiger partial charge is 0.276 e. The summed E-state index contributed by atoms with van der Waals surface area (Å²) in [5.41, 5.74) is 0.592. The van der Waals surface area contributed by atoms with Gasteiger partial charge in [-0.05, 0) is 73.8 Å². The largest absolute Gasteiger partial charge is 0.381 e.